The van der Waals surface area contributed by atoms with Crippen molar-refractivity contribution < 1.29 is 14.3 Å². The minimum Gasteiger partial charge on any atom is -0.495 e. The second-order valence-corrected chi connectivity index (χ2v) is 10.2. The molecule has 212 valence electrons. The van der Waals surface area contributed by atoms with E-state index in [1.54, 1.807) is 19.2 Å². The first kappa shape index (κ1) is 26.2. The number of esters is 1. The molecule has 9 nitrogen and oxygen atoms in total. The van der Waals surface area contributed by atoms with Gasteiger partial charge in [-0.3, -0.25) is 0 Å². The van der Waals surface area contributed by atoms with Gasteiger partial charge < -0.3 is 19.7 Å². The van der Waals surface area contributed by atoms with E-state index in [1.807, 2.05) is 103 Å². The molecule has 2 aliphatic rings. The maximum Gasteiger partial charge on any atom is 0.337 e. The smallest absolute Gasteiger partial charge is 0.337 e. The summed E-state index contributed by atoms with van der Waals surface area (Å²) in [6, 6.07) is 32.9. The Balaban J connectivity index is 1.48. The summed E-state index contributed by atoms with van der Waals surface area (Å²) in [7, 11) is 3.03. The normalized spacial score (nSPS) is 15.0. The SMILES string of the molecule is COC(=O)c1ccc([C@H]2c3c(C)nn(-c4ccccc4)c3N=C3C(Nc4ccccc4OC)=Nc4ccccc4N32)cc1. The van der Waals surface area contributed by atoms with Gasteiger partial charge in [-0.2, -0.15) is 5.10 Å². The number of nitrogens with one attached hydrogen (secondary N) is 1. The molecule has 5 aromatic rings. The van der Waals surface area contributed by atoms with Crippen molar-refractivity contribution in [1.82, 2.24) is 9.78 Å². The van der Waals surface area contributed by atoms with Crippen molar-refractivity contribution in [3.8, 4) is 11.4 Å². The number of amidine groups is 2. The first-order valence-electron chi connectivity index (χ1n) is 13.9. The van der Waals surface area contributed by atoms with Crippen molar-refractivity contribution in [2.75, 3.05) is 24.4 Å². The number of carbonyl (C=O) groups is 1. The number of methoxy groups -OCH3 is 2. The van der Waals surface area contributed by atoms with Gasteiger partial charge >= 0.3 is 5.97 Å². The lowest BCUT2D eigenvalue weighted by Crippen LogP contribution is -2.46. The topological polar surface area (TPSA) is 93.3 Å². The molecule has 0 fully saturated rings. The van der Waals surface area contributed by atoms with Gasteiger partial charge in [-0.15, -0.1) is 0 Å². The molecule has 4 aromatic carbocycles. The van der Waals surface area contributed by atoms with Crippen molar-refractivity contribution in [2.45, 2.75) is 13.0 Å². The predicted octanol–water partition coefficient (Wildman–Crippen LogP) is 6.77. The highest BCUT2D eigenvalue weighted by atomic mass is 16.5. The summed E-state index contributed by atoms with van der Waals surface area (Å²) >= 11 is 0. The predicted molar refractivity (Wildman–Crippen MR) is 168 cm³/mol. The summed E-state index contributed by atoms with van der Waals surface area (Å²) in [6.45, 7) is 2.01. The van der Waals surface area contributed by atoms with Crippen LogP contribution in [-0.4, -0.2) is 41.6 Å². The Bertz CT molecular complexity index is 1910. The van der Waals surface area contributed by atoms with Crippen LogP contribution in [0.5, 0.6) is 5.75 Å². The number of rotatable bonds is 5. The van der Waals surface area contributed by atoms with Gasteiger partial charge in [0.2, 0.25) is 0 Å². The number of hydrogen-bond donors (Lipinski definition) is 1. The summed E-state index contributed by atoms with van der Waals surface area (Å²) in [5.74, 6) is 2.23. The number of aliphatic imine (C=N–C) groups is 2. The Labute approximate surface area is 248 Å². The molecule has 1 aromatic heterocycles. The van der Waals surface area contributed by atoms with Crippen LogP contribution in [0.25, 0.3) is 5.69 Å². The van der Waals surface area contributed by atoms with E-state index < -0.39 is 0 Å². The second kappa shape index (κ2) is 10.6. The van der Waals surface area contributed by atoms with Gasteiger partial charge in [-0.1, -0.05) is 54.6 Å². The molecule has 0 amide bonds. The summed E-state index contributed by atoms with van der Waals surface area (Å²) < 4.78 is 12.5. The molecule has 0 spiro atoms. The largest absolute Gasteiger partial charge is 0.495 e. The van der Waals surface area contributed by atoms with Crippen LogP contribution in [0.1, 0.15) is 33.2 Å². The third-order valence-electron chi connectivity index (χ3n) is 7.65. The number of aromatic nitrogens is 2. The van der Waals surface area contributed by atoms with Gasteiger partial charge in [0.15, 0.2) is 17.5 Å². The van der Waals surface area contributed by atoms with E-state index in [0.29, 0.717) is 28.8 Å². The molecule has 3 heterocycles. The monoisotopic (exact) mass is 568 g/mol. The van der Waals surface area contributed by atoms with Crippen LogP contribution in [0.2, 0.25) is 0 Å². The Morgan fingerprint density at radius 1 is 0.837 bits per heavy atom. The van der Waals surface area contributed by atoms with E-state index in [0.717, 1.165) is 39.6 Å². The van der Waals surface area contributed by atoms with Crippen LogP contribution in [-0.2, 0) is 4.74 Å². The maximum absolute atomic E-state index is 12.3. The first-order valence-corrected chi connectivity index (χ1v) is 13.9. The number of benzene rings is 4. The maximum atomic E-state index is 12.3. The third-order valence-corrected chi connectivity index (χ3v) is 7.65. The molecular formula is C34H28N6O3. The molecular weight excluding hydrogens is 540 g/mol. The quantitative estimate of drug-likeness (QED) is 0.235. The van der Waals surface area contributed by atoms with Crippen molar-refractivity contribution >= 4 is 40.5 Å². The van der Waals surface area contributed by atoms with Gasteiger partial charge in [0, 0.05) is 5.56 Å². The highest BCUT2D eigenvalue weighted by Gasteiger charge is 2.41. The van der Waals surface area contributed by atoms with E-state index in [4.69, 9.17) is 24.6 Å². The lowest BCUT2D eigenvalue weighted by molar-refractivity contribution is 0.0600. The van der Waals surface area contributed by atoms with Crippen molar-refractivity contribution in [1.29, 1.82) is 0 Å². The fourth-order valence-corrected chi connectivity index (χ4v) is 5.66. The summed E-state index contributed by atoms with van der Waals surface area (Å²) in [4.78, 5) is 24.8. The molecule has 1 atom stereocenters. The van der Waals surface area contributed by atoms with Gasteiger partial charge in [0.05, 0.1) is 54.3 Å². The number of ether oxygens (including phenoxy) is 2. The van der Waals surface area contributed by atoms with E-state index in [-0.39, 0.29) is 12.0 Å². The number of aryl methyl sites for hydroxylation is 1. The lowest BCUT2D eigenvalue weighted by atomic mass is 9.92. The molecule has 0 saturated heterocycles. The van der Waals surface area contributed by atoms with E-state index in [1.165, 1.54) is 7.11 Å². The fraction of sp³-hybridized carbons (Fsp3) is 0.118. The Morgan fingerprint density at radius 3 is 2.33 bits per heavy atom. The highest BCUT2D eigenvalue weighted by molar-refractivity contribution is 6.51. The third kappa shape index (κ3) is 4.42. The van der Waals surface area contributed by atoms with Crippen molar-refractivity contribution in [3.63, 3.8) is 0 Å². The lowest BCUT2D eigenvalue weighted by Gasteiger charge is -2.40. The standard InChI is InChI=1S/C34H28N6O3/c1-21-29-30(22-17-19-23(20-18-22)34(41)43-3)39-27-15-9-7-13-25(27)35-31(36-26-14-8-10-16-28(26)42-2)33(39)37-32(29)40(38-21)24-11-5-4-6-12-24/h4-20,30H,1-3H3,(H,35,36)/t30-/m0/s1. The number of hydrogen-bond acceptors (Lipinski definition) is 8. The summed E-state index contributed by atoms with van der Waals surface area (Å²) in [5.41, 5.74) is 6.63. The van der Waals surface area contributed by atoms with Crippen LogP contribution >= 0.6 is 0 Å². The molecule has 7 rings (SSSR count). The summed E-state index contributed by atoms with van der Waals surface area (Å²) in [5, 5.41) is 8.48. The Hall–Kier alpha value is -5.70. The van der Waals surface area contributed by atoms with E-state index in [9.17, 15) is 4.79 Å². The van der Waals surface area contributed by atoms with E-state index in [2.05, 4.69) is 10.2 Å². The van der Waals surface area contributed by atoms with Crippen LogP contribution in [0.3, 0.4) is 0 Å². The van der Waals surface area contributed by atoms with Crippen LogP contribution in [0.15, 0.2) is 113 Å². The average molecular weight is 569 g/mol. The molecule has 43 heavy (non-hydrogen) atoms. The molecule has 1 N–H and O–H groups in total. The first-order chi connectivity index (χ1) is 21.1. The summed E-state index contributed by atoms with van der Waals surface area (Å²) in [6.07, 6.45) is 0. The highest BCUT2D eigenvalue weighted by Crippen LogP contribution is 2.48. The number of para-hydroxylation sites is 5. The van der Waals surface area contributed by atoms with Crippen molar-refractivity contribution in [2.24, 2.45) is 9.98 Å². The molecule has 9 heteroatoms. The molecule has 0 radical (unpaired) electrons. The fourth-order valence-electron chi connectivity index (χ4n) is 5.66. The van der Waals surface area contributed by atoms with Gasteiger partial charge in [0.1, 0.15) is 5.75 Å². The second-order valence-electron chi connectivity index (χ2n) is 10.2. The molecule has 0 saturated carbocycles. The molecule has 0 aliphatic carbocycles. The zero-order valence-corrected chi connectivity index (χ0v) is 23.9. The van der Waals surface area contributed by atoms with Gasteiger partial charge in [0.25, 0.3) is 0 Å². The average Bonchev–Trinajstić information content (AvgIpc) is 3.40. The number of nitrogens with zero attached hydrogens (tertiary/aromatic N) is 5. The van der Waals surface area contributed by atoms with Crippen LogP contribution in [0, 0.1) is 6.92 Å². The van der Waals surface area contributed by atoms with Crippen molar-refractivity contribution in [3.05, 3.63) is 126 Å². The zero-order chi connectivity index (χ0) is 29.5. The Kier molecular flexibility index (Phi) is 6.47. The number of fused-ring (bicyclic) bond motifs is 4. The van der Waals surface area contributed by atoms with Crippen LogP contribution < -0.4 is 15.0 Å². The van der Waals surface area contributed by atoms with Gasteiger partial charge in [-0.05, 0) is 61.0 Å². The molecule has 2 aliphatic heterocycles. The van der Waals surface area contributed by atoms with E-state index >= 15 is 0 Å². The zero-order valence-electron chi connectivity index (χ0n) is 23.9. The van der Waals surface area contributed by atoms with Crippen LogP contribution in [0.4, 0.5) is 22.9 Å². The molecule has 0 bridgehead atoms. The Morgan fingerprint density at radius 2 is 1.56 bits per heavy atom. The van der Waals surface area contributed by atoms with Gasteiger partial charge in [-0.25, -0.2) is 19.5 Å². The number of anilines is 2. The number of carbonyl (C=O) groups excluding carboxylic acids is 1. The molecule has 0 unspecified atom stereocenters. The minimum absolute atomic E-state index is 0.322. The minimum atomic E-state index is -0.384.